The summed E-state index contributed by atoms with van der Waals surface area (Å²) in [5.41, 5.74) is 0.459. The molecule has 1 aliphatic rings. The molecule has 1 fully saturated rings. The monoisotopic (exact) mass is 141 g/mol. The van der Waals surface area contributed by atoms with Crippen molar-refractivity contribution in [2.75, 3.05) is 6.54 Å². The number of piperidine rings is 1. The average molecular weight is 141 g/mol. The smallest absolute Gasteiger partial charge is 0.0116 e. The summed E-state index contributed by atoms with van der Waals surface area (Å²) in [4.78, 5) is 0. The van der Waals surface area contributed by atoms with E-state index in [1.165, 1.54) is 25.8 Å². The van der Waals surface area contributed by atoms with Crippen molar-refractivity contribution in [2.24, 2.45) is 5.41 Å². The fourth-order valence-corrected chi connectivity index (χ4v) is 1.59. The second-order valence-corrected chi connectivity index (χ2v) is 4.37. The fourth-order valence-electron chi connectivity index (χ4n) is 1.59. The lowest BCUT2D eigenvalue weighted by Crippen LogP contribution is -2.43. The van der Waals surface area contributed by atoms with Crippen LogP contribution in [0.3, 0.4) is 0 Å². The molecular weight excluding hydrogens is 122 g/mol. The van der Waals surface area contributed by atoms with Gasteiger partial charge in [-0.3, -0.25) is 0 Å². The lowest BCUT2D eigenvalue weighted by molar-refractivity contribution is 0.226. The van der Waals surface area contributed by atoms with E-state index in [9.17, 15) is 0 Å². The first-order valence-electron chi connectivity index (χ1n) is 4.34. The van der Waals surface area contributed by atoms with Crippen LogP contribution in [0.15, 0.2) is 0 Å². The van der Waals surface area contributed by atoms with Gasteiger partial charge in [0.15, 0.2) is 0 Å². The number of nitrogens with one attached hydrogen (secondary N) is 1. The Morgan fingerprint density at radius 2 is 1.90 bits per heavy atom. The predicted octanol–water partition coefficient (Wildman–Crippen LogP) is 2.17. The molecule has 0 saturated carbocycles. The van der Waals surface area contributed by atoms with Crippen molar-refractivity contribution in [3.05, 3.63) is 0 Å². The van der Waals surface area contributed by atoms with Gasteiger partial charge in [0.25, 0.3) is 0 Å². The Hall–Kier alpha value is -0.0400. The quantitative estimate of drug-likeness (QED) is 0.545. The summed E-state index contributed by atoms with van der Waals surface area (Å²) in [5, 5.41) is 3.56. The SMILES string of the molecule is CC(C)(C)[C@@H]1CCCCN1. The summed E-state index contributed by atoms with van der Waals surface area (Å²) in [6, 6.07) is 0.751. The average Bonchev–Trinajstić information content (AvgIpc) is 1.88. The van der Waals surface area contributed by atoms with Gasteiger partial charge in [-0.15, -0.1) is 0 Å². The molecule has 0 amide bonds. The lowest BCUT2D eigenvalue weighted by Gasteiger charge is -2.34. The maximum absolute atomic E-state index is 3.56. The third kappa shape index (κ3) is 1.98. The van der Waals surface area contributed by atoms with E-state index >= 15 is 0 Å². The molecule has 60 valence electrons. The summed E-state index contributed by atoms with van der Waals surface area (Å²) >= 11 is 0. The van der Waals surface area contributed by atoms with E-state index in [0.717, 1.165) is 6.04 Å². The van der Waals surface area contributed by atoms with E-state index < -0.39 is 0 Å². The maximum atomic E-state index is 3.56. The van der Waals surface area contributed by atoms with Gasteiger partial charge in [0.05, 0.1) is 0 Å². The molecule has 0 spiro atoms. The van der Waals surface area contributed by atoms with Gasteiger partial charge in [0.1, 0.15) is 0 Å². The zero-order chi connectivity index (χ0) is 7.61. The van der Waals surface area contributed by atoms with Crippen LogP contribution in [0.1, 0.15) is 40.0 Å². The Balaban J connectivity index is 2.39. The van der Waals surface area contributed by atoms with Crippen LogP contribution < -0.4 is 5.32 Å². The van der Waals surface area contributed by atoms with E-state index in [-0.39, 0.29) is 0 Å². The minimum Gasteiger partial charge on any atom is -0.313 e. The molecule has 1 heterocycles. The summed E-state index contributed by atoms with van der Waals surface area (Å²) in [7, 11) is 0. The van der Waals surface area contributed by atoms with Gasteiger partial charge in [-0.05, 0) is 24.8 Å². The second-order valence-electron chi connectivity index (χ2n) is 4.37. The maximum Gasteiger partial charge on any atom is 0.0116 e. The van der Waals surface area contributed by atoms with Crippen molar-refractivity contribution >= 4 is 0 Å². The molecule has 0 bridgehead atoms. The highest BCUT2D eigenvalue weighted by Gasteiger charge is 2.25. The minimum atomic E-state index is 0.459. The Kier molecular flexibility index (Phi) is 2.35. The van der Waals surface area contributed by atoms with Crippen LogP contribution in [0.2, 0.25) is 0 Å². The molecule has 0 aromatic carbocycles. The van der Waals surface area contributed by atoms with Gasteiger partial charge in [0.2, 0.25) is 0 Å². The molecule has 1 N–H and O–H groups in total. The molecule has 1 rings (SSSR count). The van der Waals surface area contributed by atoms with Crippen LogP contribution in [-0.4, -0.2) is 12.6 Å². The lowest BCUT2D eigenvalue weighted by atomic mass is 9.82. The first kappa shape index (κ1) is 8.06. The molecule has 0 aliphatic carbocycles. The molecule has 1 nitrogen and oxygen atoms in total. The molecule has 0 aromatic heterocycles. The van der Waals surface area contributed by atoms with Crippen LogP contribution in [0.4, 0.5) is 0 Å². The van der Waals surface area contributed by atoms with Crippen LogP contribution in [0.5, 0.6) is 0 Å². The first-order valence-corrected chi connectivity index (χ1v) is 4.34. The van der Waals surface area contributed by atoms with E-state index in [4.69, 9.17) is 0 Å². The molecule has 1 aliphatic heterocycles. The van der Waals surface area contributed by atoms with Gasteiger partial charge in [-0.2, -0.15) is 0 Å². The van der Waals surface area contributed by atoms with Gasteiger partial charge >= 0.3 is 0 Å². The van der Waals surface area contributed by atoms with Crippen molar-refractivity contribution in [2.45, 2.75) is 46.1 Å². The van der Waals surface area contributed by atoms with E-state index in [2.05, 4.69) is 26.1 Å². The van der Waals surface area contributed by atoms with Crippen molar-refractivity contribution < 1.29 is 0 Å². The molecule has 10 heavy (non-hydrogen) atoms. The standard InChI is InChI=1S/C9H19N/c1-9(2,3)8-6-4-5-7-10-8/h8,10H,4-7H2,1-3H3/t8-/m0/s1. The number of rotatable bonds is 0. The van der Waals surface area contributed by atoms with E-state index in [1.54, 1.807) is 0 Å². The van der Waals surface area contributed by atoms with Crippen molar-refractivity contribution in [1.29, 1.82) is 0 Å². The van der Waals surface area contributed by atoms with Crippen LogP contribution in [0.25, 0.3) is 0 Å². The third-order valence-corrected chi connectivity index (χ3v) is 2.36. The highest BCUT2D eigenvalue weighted by molar-refractivity contribution is 4.82. The molecule has 1 heteroatoms. The highest BCUT2D eigenvalue weighted by atomic mass is 14.9. The summed E-state index contributed by atoms with van der Waals surface area (Å²) in [6.07, 6.45) is 4.14. The molecule has 0 radical (unpaired) electrons. The molecular formula is C9H19N. The second kappa shape index (κ2) is 2.91. The summed E-state index contributed by atoms with van der Waals surface area (Å²) < 4.78 is 0. The van der Waals surface area contributed by atoms with Crippen molar-refractivity contribution in [3.63, 3.8) is 0 Å². The predicted molar refractivity (Wildman–Crippen MR) is 45.1 cm³/mol. The zero-order valence-electron chi connectivity index (χ0n) is 7.41. The Morgan fingerprint density at radius 3 is 2.20 bits per heavy atom. The Labute approximate surface area is 64.2 Å². The van der Waals surface area contributed by atoms with Crippen LogP contribution in [-0.2, 0) is 0 Å². The van der Waals surface area contributed by atoms with Gasteiger partial charge < -0.3 is 5.32 Å². The van der Waals surface area contributed by atoms with Crippen molar-refractivity contribution in [1.82, 2.24) is 5.32 Å². The zero-order valence-corrected chi connectivity index (χ0v) is 7.41. The highest BCUT2D eigenvalue weighted by Crippen LogP contribution is 2.25. The fraction of sp³-hybridized carbons (Fsp3) is 1.00. The molecule has 1 saturated heterocycles. The van der Waals surface area contributed by atoms with Gasteiger partial charge in [-0.1, -0.05) is 27.2 Å². The molecule has 0 unspecified atom stereocenters. The minimum absolute atomic E-state index is 0.459. The number of hydrogen-bond donors (Lipinski definition) is 1. The van der Waals surface area contributed by atoms with Crippen molar-refractivity contribution in [3.8, 4) is 0 Å². The van der Waals surface area contributed by atoms with Gasteiger partial charge in [0, 0.05) is 6.04 Å². The molecule has 0 aromatic rings. The number of hydrogen-bond acceptors (Lipinski definition) is 1. The first-order chi connectivity index (χ1) is 4.61. The van der Waals surface area contributed by atoms with Gasteiger partial charge in [-0.25, -0.2) is 0 Å². The third-order valence-electron chi connectivity index (χ3n) is 2.36. The molecule has 1 atom stereocenters. The van der Waals surface area contributed by atoms with E-state index in [1.807, 2.05) is 0 Å². The topological polar surface area (TPSA) is 12.0 Å². The van der Waals surface area contributed by atoms with E-state index in [0.29, 0.717) is 5.41 Å². The summed E-state index contributed by atoms with van der Waals surface area (Å²) in [6.45, 7) is 8.17. The van der Waals surface area contributed by atoms with Crippen LogP contribution >= 0.6 is 0 Å². The normalized spacial score (nSPS) is 28.5. The van der Waals surface area contributed by atoms with Crippen LogP contribution in [0, 0.1) is 5.41 Å². The summed E-state index contributed by atoms with van der Waals surface area (Å²) in [5.74, 6) is 0. The Morgan fingerprint density at radius 1 is 1.20 bits per heavy atom. The Bertz CT molecular complexity index is 95.8. The largest absolute Gasteiger partial charge is 0.313 e.